The first-order valence-electron chi connectivity index (χ1n) is 8.77. The molecule has 1 aliphatic rings. The third-order valence-electron chi connectivity index (χ3n) is 5.53. The Morgan fingerprint density at radius 1 is 0.615 bits per heavy atom. The largest absolute Gasteiger partial charge is 0.449 e. The molecular weight excluding hydrogens is 320 g/mol. The Hall–Kier alpha value is -3.39. The zero-order valence-corrected chi connectivity index (χ0v) is 13.9. The first kappa shape index (κ1) is 13.9. The highest BCUT2D eigenvalue weighted by Crippen LogP contribution is 2.42. The van der Waals surface area contributed by atoms with Crippen molar-refractivity contribution in [2.45, 2.75) is 6.10 Å². The molecule has 1 unspecified atom stereocenters. The standard InChI is InChI=1S/C24H14O2/c25-24-20-7-2-1-6-18(20)23(26-24)19-13-11-16-9-8-14-4-3-5-15-10-12-17(19)22(16)21(14)15/h1-13,23H. The summed E-state index contributed by atoms with van der Waals surface area (Å²) in [5.41, 5.74) is 2.67. The van der Waals surface area contributed by atoms with Crippen LogP contribution in [0.2, 0.25) is 0 Å². The fourth-order valence-electron chi connectivity index (χ4n) is 4.36. The molecule has 1 atom stereocenters. The summed E-state index contributed by atoms with van der Waals surface area (Å²) in [5.74, 6) is -0.240. The molecule has 0 bridgehead atoms. The van der Waals surface area contributed by atoms with Crippen molar-refractivity contribution in [3.05, 3.63) is 95.6 Å². The van der Waals surface area contributed by atoms with E-state index in [4.69, 9.17) is 4.74 Å². The summed E-state index contributed by atoms with van der Waals surface area (Å²) in [4.78, 5) is 12.3. The minimum absolute atomic E-state index is 0.240. The fourth-order valence-corrected chi connectivity index (χ4v) is 4.36. The van der Waals surface area contributed by atoms with Crippen LogP contribution in [-0.2, 0) is 4.74 Å². The normalized spacial score (nSPS) is 16.5. The number of ether oxygens (including phenoxy) is 1. The molecule has 122 valence electrons. The number of cyclic esters (lactones) is 1. The van der Waals surface area contributed by atoms with Gasteiger partial charge >= 0.3 is 5.97 Å². The van der Waals surface area contributed by atoms with Crippen molar-refractivity contribution >= 4 is 38.3 Å². The highest BCUT2D eigenvalue weighted by Gasteiger charge is 2.32. The predicted molar refractivity (Wildman–Crippen MR) is 104 cm³/mol. The van der Waals surface area contributed by atoms with Crippen LogP contribution in [0.4, 0.5) is 0 Å². The van der Waals surface area contributed by atoms with E-state index >= 15 is 0 Å². The quantitative estimate of drug-likeness (QED) is 0.284. The maximum absolute atomic E-state index is 12.3. The Morgan fingerprint density at radius 2 is 1.31 bits per heavy atom. The van der Waals surface area contributed by atoms with Crippen LogP contribution in [-0.4, -0.2) is 5.97 Å². The molecule has 2 heteroatoms. The molecule has 2 nitrogen and oxygen atoms in total. The first-order valence-corrected chi connectivity index (χ1v) is 8.77. The number of benzene rings is 5. The zero-order valence-electron chi connectivity index (χ0n) is 13.9. The number of hydrogen-bond acceptors (Lipinski definition) is 2. The molecule has 5 aromatic rings. The van der Waals surface area contributed by atoms with E-state index in [1.807, 2.05) is 24.3 Å². The molecule has 0 saturated heterocycles. The van der Waals surface area contributed by atoms with E-state index in [0.717, 1.165) is 16.5 Å². The maximum atomic E-state index is 12.3. The van der Waals surface area contributed by atoms with Crippen LogP contribution < -0.4 is 0 Å². The van der Waals surface area contributed by atoms with Gasteiger partial charge in [-0.1, -0.05) is 72.8 Å². The van der Waals surface area contributed by atoms with E-state index in [1.165, 1.54) is 26.9 Å². The lowest BCUT2D eigenvalue weighted by Gasteiger charge is -2.17. The van der Waals surface area contributed by atoms with Crippen molar-refractivity contribution in [1.82, 2.24) is 0 Å². The van der Waals surface area contributed by atoms with Crippen molar-refractivity contribution < 1.29 is 9.53 Å². The summed E-state index contributed by atoms with van der Waals surface area (Å²) >= 11 is 0. The summed E-state index contributed by atoms with van der Waals surface area (Å²) in [6, 6.07) is 27.0. The van der Waals surface area contributed by atoms with Gasteiger partial charge in [0, 0.05) is 11.1 Å². The first-order chi connectivity index (χ1) is 12.8. The molecule has 0 N–H and O–H groups in total. The predicted octanol–water partition coefficient (Wildman–Crippen LogP) is 5.84. The van der Waals surface area contributed by atoms with Gasteiger partial charge in [0.2, 0.25) is 0 Å². The van der Waals surface area contributed by atoms with Crippen molar-refractivity contribution in [3.8, 4) is 0 Å². The van der Waals surface area contributed by atoms with Crippen LogP contribution >= 0.6 is 0 Å². The Labute approximate surface area is 150 Å². The molecule has 6 rings (SSSR count). The van der Waals surface area contributed by atoms with Gasteiger partial charge < -0.3 is 4.74 Å². The zero-order chi connectivity index (χ0) is 17.3. The lowest BCUT2D eigenvalue weighted by Crippen LogP contribution is -2.02. The van der Waals surface area contributed by atoms with E-state index in [1.54, 1.807) is 0 Å². The summed E-state index contributed by atoms with van der Waals surface area (Å²) < 4.78 is 5.77. The molecule has 0 radical (unpaired) electrons. The van der Waals surface area contributed by atoms with Gasteiger partial charge in [-0.2, -0.15) is 0 Å². The fraction of sp³-hybridized carbons (Fsp3) is 0.0417. The van der Waals surface area contributed by atoms with Crippen molar-refractivity contribution in [2.24, 2.45) is 0 Å². The molecule has 0 fully saturated rings. The molecule has 26 heavy (non-hydrogen) atoms. The van der Waals surface area contributed by atoms with Gasteiger partial charge in [0.15, 0.2) is 6.10 Å². The van der Waals surface area contributed by atoms with Crippen molar-refractivity contribution in [2.75, 3.05) is 0 Å². The Balaban J connectivity index is 1.72. The smallest absolute Gasteiger partial charge is 0.339 e. The minimum atomic E-state index is -0.344. The molecule has 0 amide bonds. The average Bonchev–Trinajstić information content (AvgIpc) is 3.03. The van der Waals surface area contributed by atoms with Gasteiger partial charge in [-0.05, 0) is 38.4 Å². The van der Waals surface area contributed by atoms with Gasteiger partial charge in [-0.3, -0.25) is 0 Å². The molecule has 0 aliphatic carbocycles. The van der Waals surface area contributed by atoms with Gasteiger partial charge in [-0.25, -0.2) is 4.79 Å². The Bertz CT molecular complexity index is 1320. The van der Waals surface area contributed by atoms with Crippen LogP contribution in [0.3, 0.4) is 0 Å². The molecule has 0 saturated carbocycles. The van der Waals surface area contributed by atoms with E-state index in [9.17, 15) is 4.79 Å². The highest BCUT2D eigenvalue weighted by atomic mass is 16.5. The second-order valence-corrected chi connectivity index (χ2v) is 6.88. The molecule has 5 aromatic carbocycles. The molecule has 1 aliphatic heterocycles. The molecule has 1 heterocycles. The number of carbonyl (C=O) groups excluding carboxylic acids is 1. The van der Waals surface area contributed by atoms with E-state index < -0.39 is 0 Å². The third kappa shape index (κ3) is 1.68. The topological polar surface area (TPSA) is 26.3 Å². The Morgan fingerprint density at radius 3 is 2.15 bits per heavy atom. The van der Waals surface area contributed by atoms with E-state index in [2.05, 4.69) is 54.6 Å². The molecular formula is C24H14O2. The second-order valence-electron chi connectivity index (χ2n) is 6.88. The van der Waals surface area contributed by atoms with Crippen molar-refractivity contribution in [3.63, 3.8) is 0 Å². The summed E-state index contributed by atoms with van der Waals surface area (Å²) in [5, 5.41) is 7.37. The number of rotatable bonds is 1. The summed E-state index contributed by atoms with van der Waals surface area (Å²) in [7, 11) is 0. The van der Waals surface area contributed by atoms with Gasteiger partial charge in [0.05, 0.1) is 5.56 Å². The number of fused-ring (bicyclic) bond motifs is 1. The second kappa shape index (κ2) is 4.83. The maximum Gasteiger partial charge on any atom is 0.339 e. The van der Waals surface area contributed by atoms with Gasteiger partial charge in [0.25, 0.3) is 0 Å². The lowest BCUT2D eigenvalue weighted by molar-refractivity contribution is 0.0458. The number of hydrogen-bond donors (Lipinski definition) is 0. The van der Waals surface area contributed by atoms with Crippen LogP contribution in [0.15, 0.2) is 78.9 Å². The van der Waals surface area contributed by atoms with Crippen LogP contribution in [0.5, 0.6) is 0 Å². The average molecular weight is 334 g/mol. The summed E-state index contributed by atoms with van der Waals surface area (Å²) in [6.45, 7) is 0. The third-order valence-corrected chi connectivity index (χ3v) is 5.53. The van der Waals surface area contributed by atoms with Gasteiger partial charge in [0.1, 0.15) is 0 Å². The molecule has 0 aromatic heterocycles. The SMILES string of the molecule is O=C1OC(c2ccc3ccc4cccc5ccc2c3c45)c2ccccc21. The van der Waals surface area contributed by atoms with E-state index in [-0.39, 0.29) is 12.1 Å². The monoisotopic (exact) mass is 334 g/mol. The highest BCUT2D eigenvalue weighted by molar-refractivity contribution is 6.23. The summed E-state index contributed by atoms with van der Waals surface area (Å²) in [6.07, 6.45) is -0.344. The van der Waals surface area contributed by atoms with Gasteiger partial charge in [-0.15, -0.1) is 0 Å². The number of esters is 1. The Kier molecular flexibility index (Phi) is 2.57. The van der Waals surface area contributed by atoms with E-state index in [0.29, 0.717) is 5.56 Å². The minimum Gasteiger partial charge on any atom is -0.449 e. The van der Waals surface area contributed by atoms with Crippen molar-refractivity contribution in [1.29, 1.82) is 0 Å². The number of carbonyl (C=O) groups is 1. The van der Waals surface area contributed by atoms with Crippen LogP contribution in [0.25, 0.3) is 32.3 Å². The molecule has 0 spiro atoms. The van der Waals surface area contributed by atoms with Crippen LogP contribution in [0, 0.1) is 0 Å². The van der Waals surface area contributed by atoms with Crippen LogP contribution in [0.1, 0.15) is 27.6 Å². The lowest BCUT2D eigenvalue weighted by atomic mass is 9.89.